The van der Waals surface area contributed by atoms with Gasteiger partial charge in [-0.3, -0.25) is 10.4 Å². The minimum Gasteiger partial charge on any atom is -0.448 e. The molecule has 0 atom stereocenters. The molecular formula is C24H29N5O2. The minimum atomic E-state index is -0.440. The highest BCUT2D eigenvalue weighted by atomic mass is 16.5. The van der Waals surface area contributed by atoms with E-state index in [4.69, 9.17) is 4.74 Å². The largest absolute Gasteiger partial charge is 0.448 e. The maximum atomic E-state index is 12.1. The van der Waals surface area contributed by atoms with Gasteiger partial charge >= 0.3 is 6.09 Å². The number of likely N-dealkylation sites (N-methyl/N-ethyl adjacent to an activating group) is 2. The van der Waals surface area contributed by atoms with Crippen molar-refractivity contribution in [2.75, 3.05) is 52.7 Å². The summed E-state index contributed by atoms with van der Waals surface area (Å²) in [6, 6.07) is 16.1. The van der Waals surface area contributed by atoms with Gasteiger partial charge in [0.2, 0.25) is 0 Å². The lowest BCUT2D eigenvalue weighted by atomic mass is 10.1. The maximum Gasteiger partial charge on any atom is 0.411 e. The average Bonchev–Trinajstić information content (AvgIpc) is 3.32. The number of hydrogen-bond acceptors (Lipinski definition) is 5. The van der Waals surface area contributed by atoms with Gasteiger partial charge in [0.1, 0.15) is 6.61 Å². The van der Waals surface area contributed by atoms with Crippen molar-refractivity contribution in [1.82, 2.24) is 20.0 Å². The van der Waals surface area contributed by atoms with Gasteiger partial charge in [-0.15, -0.1) is 0 Å². The van der Waals surface area contributed by atoms with Gasteiger partial charge in [0.15, 0.2) is 0 Å². The van der Waals surface area contributed by atoms with E-state index >= 15 is 0 Å². The summed E-state index contributed by atoms with van der Waals surface area (Å²) in [6.07, 6.45) is 0.442. The molecule has 31 heavy (non-hydrogen) atoms. The maximum absolute atomic E-state index is 12.1. The molecule has 1 aliphatic rings. The van der Waals surface area contributed by atoms with Crippen molar-refractivity contribution >= 4 is 11.8 Å². The zero-order chi connectivity index (χ0) is 21.8. The van der Waals surface area contributed by atoms with Crippen LogP contribution >= 0.6 is 0 Å². The molecule has 162 valence electrons. The highest BCUT2D eigenvalue weighted by molar-refractivity contribution is 5.86. The van der Waals surface area contributed by atoms with Crippen LogP contribution in [0.1, 0.15) is 11.1 Å². The standard InChI is InChI=1S/C24H29N5O2/c1-28(2)12-13-29(3)14-15-31-24(30)25-19-10-8-17(9-11-19)22-21-16-18-6-4-5-7-20(18)23(21)27-26-22/h4-11H,12-16H2,1-3H3,(H,25,30)(H,26,27). The molecule has 0 aliphatic heterocycles. The first-order valence-corrected chi connectivity index (χ1v) is 10.5. The Hall–Kier alpha value is -3.16. The smallest absolute Gasteiger partial charge is 0.411 e. The summed E-state index contributed by atoms with van der Waals surface area (Å²) in [5, 5.41) is 10.5. The van der Waals surface area contributed by atoms with E-state index in [0.29, 0.717) is 18.8 Å². The normalized spacial score (nSPS) is 12.2. The molecule has 1 heterocycles. The van der Waals surface area contributed by atoms with E-state index in [2.05, 4.69) is 49.6 Å². The Kier molecular flexibility index (Phi) is 6.34. The number of rotatable bonds is 8. The number of nitrogens with zero attached hydrogens (tertiary/aromatic N) is 3. The number of carbonyl (C=O) groups is 1. The number of carbonyl (C=O) groups excluding carboxylic acids is 1. The van der Waals surface area contributed by atoms with Crippen molar-refractivity contribution in [2.24, 2.45) is 0 Å². The average molecular weight is 420 g/mol. The van der Waals surface area contributed by atoms with E-state index in [1.165, 1.54) is 16.7 Å². The molecule has 0 bridgehead atoms. The minimum absolute atomic E-state index is 0.355. The highest BCUT2D eigenvalue weighted by Gasteiger charge is 2.24. The molecule has 0 unspecified atom stereocenters. The Morgan fingerprint density at radius 2 is 1.84 bits per heavy atom. The first-order chi connectivity index (χ1) is 15.0. The van der Waals surface area contributed by atoms with Gasteiger partial charge < -0.3 is 14.5 Å². The third-order valence-corrected chi connectivity index (χ3v) is 5.56. The monoisotopic (exact) mass is 419 g/mol. The van der Waals surface area contributed by atoms with Crippen molar-refractivity contribution in [3.8, 4) is 22.5 Å². The molecule has 0 fully saturated rings. The number of fused-ring (bicyclic) bond motifs is 3. The molecular weight excluding hydrogens is 390 g/mol. The second-order valence-corrected chi connectivity index (χ2v) is 8.20. The summed E-state index contributed by atoms with van der Waals surface area (Å²) in [5.74, 6) is 0. The Morgan fingerprint density at radius 1 is 1.06 bits per heavy atom. The number of aromatic amines is 1. The number of benzene rings is 2. The molecule has 7 heteroatoms. The van der Waals surface area contributed by atoms with Crippen LogP contribution in [0.3, 0.4) is 0 Å². The fraction of sp³-hybridized carbons (Fsp3) is 0.333. The zero-order valence-corrected chi connectivity index (χ0v) is 18.3. The van der Waals surface area contributed by atoms with Crippen LogP contribution in [0.4, 0.5) is 10.5 Å². The summed E-state index contributed by atoms with van der Waals surface area (Å²) >= 11 is 0. The molecule has 2 aromatic carbocycles. The topological polar surface area (TPSA) is 73.5 Å². The Labute approximate surface area is 183 Å². The summed E-state index contributed by atoms with van der Waals surface area (Å²) in [6.45, 7) is 2.96. The van der Waals surface area contributed by atoms with E-state index < -0.39 is 6.09 Å². The van der Waals surface area contributed by atoms with Crippen LogP contribution in [-0.4, -0.2) is 73.5 Å². The molecule has 0 radical (unpaired) electrons. The Morgan fingerprint density at radius 3 is 2.61 bits per heavy atom. The first-order valence-electron chi connectivity index (χ1n) is 10.5. The number of nitrogens with one attached hydrogen (secondary N) is 2. The Balaban J connectivity index is 1.31. The quantitative estimate of drug-likeness (QED) is 0.456. The van der Waals surface area contributed by atoms with Crippen LogP contribution in [0.25, 0.3) is 22.5 Å². The molecule has 3 aromatic rings. The lowest BCUT2D eigenvalue weighted by Gasteiger charge is -2.19. The SMILES string of the molecule is CN(C)CCN(C)CCOC(=O)Nc1ccc(-c2n[nH]c3c2Cc2ccccc2-3)cc1. The van der Waals surface area contributed by atoms with Gasteiger partial charge in [-0.1, -0.05) is 36.4 Å². The predicted molar refractivity (Wildman–Crippen MR) is 123 cm³/mol. The van der Waals surface area contributed by atoms with Gasteiger partial charge in [0.25, 0.3) is 0 Å². The van der Waals surface area contributed by atoms with Crippen LogP contribution in [0.15, 0.2) is 48.5 Å². The molecule has 7 nitrogen and oxygen atoms in total. The second kappa shape index (κ2) is 9.32. The molecule has 0 saturated carbocycles. The fourth-order valence-corrected chi connectivity index (χ4v) is 3.75. The third-order valence-electron chi connectivity index (χ3n) is 5.56. The van der Waals surface area contributed by atoms with E-state index in [1.807, 2.05) is 45.4 Å². The van der Waals surface area contributed by atoms with Crippen LogP contribution in [0, 0.1) is 0 Å². The van der Waals surface area contributed by atoms with Gasteiger partial charge in [0, 0.05) is 48.4 Å². The number of amides is 1. The van der Waals surface area contributed by atoms with E-state index in [9.17, 15) is 4.79 Å². The fourth-order valence-electron chi connectivity index (χ4n) is 3.75. The molecule has 1 aromatic heterocycles. The van der Waals surface area contributed by atoms with Crippen molar-refractivity contribution in [3.63, 3.8) is 0 Å². The molecule has 4 rings (SSSR count). The third kappa shape index (κ3) is 4.95. The number of H-pyrrole nitrogens is 1. The summed E-state index contributed by atoms with van der Waals surface area (Å²) in [5.41, 5.74) is 7.55. The van der Waals surface area contributed by atoms with Crippen LogP contribution in [0.5, 0.6) is 0 Å². The molecule has 2 N–H and O–H groups in total. The second-order valence-electron chi connectivity index (χ2n) is 8.20. The van der Waals surface area contributed by atoms with Crippen molar-refractivity contribution in [2.45, 2.75) is 6.42 Å². The van der Waals surface area contributed by atoms with Crippen molar-refractivity contribution < 1.29 is 9.53 Å². The van der Waals surface area contributed by atoms with Crippen LogP contribution in [0.2, 0.25) is 0 Å². The molecule has 0 spiro atoms. The van der Waals surface area contributed by atoms with E-state index in [0.717, 1.165) is 36.5 Å². The summed E-state index contributed by atoms with van der Waals surface area (Å²) in [7, 11) is 6.11. The number of aromatic nitrogens is 2. The van der Waals surface area contributed by atoms with Gasteiger partial charge in [-0.05, 0) is 38.8 Å². The highest BCUT2D eigenvalue weighted by Crippen LogP contribution is 2.39. The lowest BCUT2D eigenvalue weighted by Crippen LogP contribution is -2.31. The van der Waals surface area contributed by atoms with Gasteiger partial charge in [0.05, 0.1) is 11.4 Å². The predicted octanol–water partition coefficient (Wildman–Crippen LogP) is 3.69. The Bertz CT molecular complexity index is 1040. The molecule has 0 saturated heterocycles. The first kappa shape index (κ1) is 21.1. The van der Waals surface area contributed by atoms with E-state index in [-0.39, 0.29) is 0 Å². The van der Waals surface area contributed by atoms with Crippen LogP contribution in [-0.2, 0) is 11.2 Å². The van der Waals surface area contributed by atoms with Gasteiger partial charge in [-0.25, -0.2) is 4.79 Å². The van der Waals surface area contributed by atoms with Crippen LogP contribution < -0.4 is 5.32 Å². The van der Waals surface area contributed by atoms with E-state index in [1.54, 1.807) is 0 Å². The van der Waals surface area contributed by atoms with Gasteiger partial charge in [-0.2, -0.15) is 5.10 Å². The molecule has 1 aliphatic carbocycles. The lowest BCUT2D eigenvalue weighted by molar-refractivity contribution is 0.144. The van der Waals surface area contributed by atoms with Crippen molar-refractivity contribution in [3.05, 3.63) is 59.7 Å². The zero-order valence-electron chi connectivity index (χ0n) is 18.3. The number of anilines is 1. The number of hydrogen-bond donors (Lipinski definition) is 2. The molecule has 1 amide bonds. The van der Waals surface area contributed by atoms with Crippen molar-refractivity contribution in [1.29, 1.82) is 0 Å². The summed E-state index contributed by atoms with van der Waals surface area (Å²) < 4.78 is 5.30. The number of ether oxygens (including phenoxy) is 1. The summed E-state index contributed by atoms with van der Waals surface area (Å²) in [4.78, 5) is 16.3.